The van der Waals surface area contributed by atoms with Gasteiger partial charge in [-0.2, -0.15) is 13.2 Å². The lowest BCUT2D eigenvalue weighted by Crippen LogP contribution is -2.42. The number of carbonyl (C=O) groups is 2. The summed E-state index contributed by atoms with van der Waals surface area (Å²) in [6, 6.07) is 12.9. The third kappa shape index (κ3) is 5.21. The summed E-state index contributed by atoms with van der Waals surface area (Å²) in [6.45, 7) is -1.30. The van der Waals surface area contributed by atoms with E-state index >= 15 is 0 Å². The van der Waals surface area contributed by atoms with E-state index in [4.69, 9.17) is 28.0 Å². The highest BCUT2D eigenvalue weighted by molar-refractivity contribution is 6.34. The Morgan fingerprint density at radius 1 is 1.02 bits per heavy atom. The van der Waals surface area contributed by atoms with Gasteiger partial charge >= 0.3 is 6.18 Å². The van der Waals surface area contributed by atoms with Crippen LogP contribution in [0, 0.1) is 0 Å². The smallest absolute Gasteiger partial charge is 0.343 e. The Hall–Kier alpha value is -3.41. The fourth-order valence-electron chi connectivity index (χ4n) is 4.79. The molecule has 0 saturated carbocycles. The van der Waals surface area contributed by atoms with Gasteiger partial charge in [-0.1, -0.05) is 53.5 Å². The number of nitrogens with one attached hydrogen (secondary N) is 2. The molecule has 1 saturated heterocycles. The van der Waals surface area contributed by atoms with E-state index in [0.29, 0.717) is 16.3 Å². The number of nitrogens with zero attached hydrogens (tertiary/aromatic N) is 1. The molecule has 0 bridgehead atoms. The molecule has 40 heavy (non-hydrogen) atoms. The molecular weight excluding hydrogens is 580 g/mol. The predicted octanol–water partition coefficient (Wildman–Crippen LogP) is 6.08. The number of amides is 2. The van der Waals surface area contributed by atoms with Gasteiger partial charge in [0.05, 0.1) is 18.8 Å². The molecule has 2 N–H and O–H groups in total. The van der Waals surface area contributed by atoms with Crippen molar-refractivity contribution in [2.45, 2.75) is 24.1 Å². The Morgan fingerprint density at radius 2 is 1.70 bits per heavy atom. The second kappa shape index (κ2) is 10.2. The molecule has 13 heteroatoms. The van der Waals surface area contributed by atoms with Crippen molar-refractivity contribution in [1.29, 1.82) is 0 Å². The van der Waals surface area contributed by atoms with Crippen molar-refractivity contribution >= 4 is 51.5 Å². The maximum atomic E-state index is 14.4. The van der Waals surface area contributed by atoms with Crippen molar-refractivity contribution in [2.75, 3.05) is 19.6 Å². The van der Waals surface area contributed by atoms with Crippen LogP contribution in [0.25, 0.3) is 16.5 Å². The molecule has 210 valence electrons. The SMILES string of the molecule is O=C(NCC(=O)N1CCC(F)(F)C1)c1ccc(C2=CC(c3cc(Cl)cc(Cl)c3)(C(F)(F)F)ON2)c2ccccc12. The highest BCUT2D eigenvalue weighted by atomic mass is 35.5. The summed E-state index contributed by atoms with van der Waals surface area (Å²) in [5.74, 6) is -4.25. The summed E-state index contributed by atoms with van der Waals surface area (Å²) in [5, 5.41) is 3.24. The normalized spacial score (nSPS) is 20.4. The number of carbonyl (C=O) groups excluding carboxylic acids is 2. The van der Waals surface area contributed by atoms with Gasteiger partial charge < -0.3 is 10.2 Å². The Labute approximate surface area is 234 Å². The van der Waals surface area contributed by atoms with E-state index in [2.05, 4.69) is 10.8 Å². The lowest BCUT2D eigenvalue weighted by Gasteiger charge is -2.28. The molecular formula is C27H20Cl2F5N3O3. The number of hydroxylamine groups is 1. The number of hydrogen-bond acceptors (Lipinski definition) is 4. The quantitative estimate of drug-likeness (QED) is 0.349. The summed E-state index contributed by atoms with van der Waals surface area (Å²) in [4.78, 5) is 31.4. The molecule has 1 fully saturated rings. The first-order valence-electron chi connectivity index (χ1n) is 12.0. The van der Waals surface area contributed by atoms with E-state index in [9.17, 15) is 31.5 Å². The molecule has 6 nitrogen and oxygen atoms in total. The Morgan fingerprint density at radius 3 is 2.33 bits per heavy atom. The van der Waals surface area contributed by atoms with Gasteiger partial charge in [0.2, 0.25) is 11.5 Å². The number of benzene rings is 3. The molecule has 5 rings (SSSR count). The standard InChI is InChI=1S/C27H20Cl2F5N3O3/c28-16-9-15(10-17(29)11-16)26(27(32,33)34)12-22(36-40-26)20-5-6-21(19-4-2-1-3-18(19)20)24(39)35-13-23(38)37-8-7-25(30,31)14-37/h1-6,9-12,36H,7-8,13-14H2,(H,35,39). The predicted molar refractivity (Wildman–Crippen MR) is 139 cm³/mol. The molecule has 1 atom stereocenters. The molecule has 2 heterocycles. The first kappa shape index (κ1) is 28.1. The molecule has 0 spiro atoms. The van der Waals surface area contributed by atoms with Crippen molar-refractivity contribution in [3.63, 3.8) is 0 Å². The average Bonchev–Trinajstić information content (AvgIpc) is 3.50. The van der Waals surface area contributed by atoms with Gasteiger partial charge in [-0.05, 0) is 41.1 Å². The first-order chi connectivity index (χ1) is 18.8. The average molecular weight is 600 g/mol. The fraction of sp³-hybridized carbons (Fsp3) is 0.259. The lowest BCUT2D eigenvalue weighted by molar-refractivity contribution is -0.269. The van der Waals surface area contributed by atoms with Crippen molar-refractivity contribution in [3.8, 4) is 0 Å². The molecule has 0 aromatic heterocycles. The summed E-state index contributed by atoms with van der Waals surface area (Å²) >= 11 is 11.9. The highest BCUT2D eigenvalue weighted by Gasteiger charge is 2.59. The molecule has 3 aromatic rings. The van der Waals surface area contributed by atoms with Crippen LogP contribution in [0.5, 0.6) is 0 Å². The number of rotatable bonds is 5. The third-order valence-electron chi connectivity index (χ3n) is 6.76. The summed E-state index contributed by atoms with van der Waals surface area (Å²) in [6.07, 6.45) is -4.47. The zero-order valence-corrected chi connectivity index (χ0v) is 21.9. The maximum Gasteiger partial charge on any atom is 0.428 e. The lowest BCUT2D eigenvalue weighted by atomic mass is 9.90. The van der Waals surface area contributed by atoms with Crippen LogP contribution in [0.1, 0.15) is 27.9 Å². The number of halogens is 7. The van der Waals surface area contributed by atoms with Gasteiger partial charge in [-0.25, -0.2) is 8.78 Å². The van der Waals surface area contributed by atoms with Crippen molar-refractivity contribution in [2.24, 2.45) is 0 Å². The molecule has 0 radical (unpaired) electrons. The number of fused-ring (bicyclic) bond motifs is 1. The molecule has 2 amide bonds. The van der Waals surface area contributed by atoms with E-state index in [1.807, 2.05) is 0 Å². The van der Waals surface area contributed by atoms with Gasteiger partial charge in [0.15, 0.2) is 0 Å². The molecule has 2 aliphatic heterocycles. The molecule has 2 aliphatic rings. The van der Waals surface area contributed by atoms with Crippen molar-refractivity contribution in [1.82, 2.24) is 15.7 Å². The number of alkyl halides is 5. The van der Waals surface area contributed by atoms with Crippen LogP contribution >= 0.6 is 23.2 Å². The number of hydrogen-bond donors (Lipinski definition) is 2. The highest BCUT2D eigenvalue weighted by Crippen LogP contribution is 2.48. The van der Waals surface area contributed by atoms with E-state index < -0.39 is 49.0 Å². The van der Waals surface area contributed by atoms with Crippen LogP contribution in [-0.4, -0.2) is 48.4 Å². The fourth-order valence-corrected chi connectivity index (χ4v) is 5.31. The Kier molecular flexibility index (Phi) is 7.18. The zero-order valence-electron chi connectivity index (χ0n) is 20.4. The maximum absolute atomic E-state index is 14.4. The summed E-state index contributed by atoms with van der Waals surface area (Å²) in [7, 11) is 0. The van der Waals surface area contributed by atoms with Crippen LogP contribution in [0.2, 0.25) is 10.0 Å². The topological polar surface area (TPSA) is 70.7 Å². The van der Waals surface area contributed by atoms with Gasteiger partial charge in [0.1, 0.15) is 0 Å². The van der Waals surface area contributed by atoms with Gasteiger partial charge in [0, 0.05) is 39.7 Å². The zero-order chi connectivity index (χ0) is 28.9. The Balaban J connectivity index is 1.46. The van der Waals surface area contributed by atoms with Gasteiger partial charge in [0.25, 0.3) is 11.8 Å². The van der Waals surface area contributed by atoms with Crippen LogP contribution < -0.4 is 10.8 Å². The largest absolute Gasteiger partial charge is 0.428 e. The van der Waals surface area contributed by atoms with Crippen molar-refractivity contribution in [3.05, 3.63) is 87.4 Å². The van der Waals surface area contributed by atoms with Crippen LogP contribution in [-0.2, 0) is 15.2 Å². The first-order valence-corrected chi connectivity index (χ1v) is 12.7. The van der Waals surface area contributed by atoms with Crippen LogP contribution in [0.3, 0.4) is 0 Å². The molecule has 0 aliphatic carbocycles. The summed E-state index contributed by atoms with van der Waals surface area (Å²) in [5.41, 5.74) is -0.429. The van der Waals surface area contributed by atoms with E-state index in [1.54, 1.807) is 24.3 Å². The minimum Gasteiger partial charge on any atom is -0.343 e. The summed E-state index contributed by atoms with van der Waals surface area (Å²) < 4.78 is 70.1. The molecule has 1 unspecified atom stereocenters. The Bertz CT molecular complexity index is 1530. The monoisotopic (exact) mass is 599 g/mol. The minimum atomic E-state index is -4.91. The van der Waals surface area contributed by atoms with E-state index in [1.165, 1.54) is 18.2 Å². The van der Waals surface area contributed by atoms with Crippen LogP contribution in [0.4, 0.5) is 22.0 Å². The minimum absolute atomic E-state index is 0.00526. The van der Waals surface area contributed by atoms with Gasteiger partial charge in [-0.3, -0.25) is 19.9 Å². The third-order valence-corrected chi connectivity index (χ3v) is 7.20. The van der Waals surface area contributed by atoms with Crippen molar-refractivity contribution < 1.29 is 36.4 Å². The molecule has 3 aromatic carbocycles. The van der Waals surface area contributed by atoms with E-state index in [-0.39, 0.29) is 33.4 Å². The number of likely N-dealkylation sites (tertiary alicyclic amines) is 1. The second-order valence-corrected chi connectivity index (χ2v) is 10.3. The van der Waals surface area contributed by atoms with Crippen LogP contribution in [0.15, 0.2) is 60.7 Å². The second-order valence-electron chi connectivity index (χ2n) is 9.46. The van der Waals surface area contributed by atoms with E-state index in [0.717, 1.165) is 23.1 Å². The van der Waals surface area contributed by atoms with Gasteiger partial charge in [-0.15, -0.1) is 0 Å².